The van der Waals surface area contributed by atoms with Crippen molar-refractivity contribution in [2.45, 2.75) is 13.3 Å². The zero-order valence-corrected chi connectivity index (χ0v) is 12.0. The molecule has 0 aliphatic heterocycles. The van der Waals surface area contributed by atoms with Crippen molar-refractivity contribution in [2.24, 2.45) is 0 Å². The largest absolute Gasteiger partial charge is 0.476 e. The minimum Gasteiger partial charge on any atom is -0.476 e. The molecular formula is C14H12N4O2S. The summed E-state index contributed by atoms with van der Waals surface area (Å²) in [7, 11) is 0. The summed E-state index contributed by atoms with van der Waals surface area (Å²) in [4.78, 5) is 16.4. The molecule has 0 unspecified atom stereocenters. The number of hydrogen-bond acceptors (Lipinski definition) is 5. The van der Waals surface area contributed by atoms with Gasteiger partial charge in [-0.2, -0.15) is 4.68 Å². The second-order valence-corrected chi connectivity index (χ2v) is 5.61. The topological polar surface area (TPSA) is 80.9 Å². The van der Waals surface area contributed by atoms with E-state index in [1.807, 2.05) is 18.2 Å². The normalized spacial score (nSPS) is 10.7. The van der Waals surface area contributed by atoms with Gasteiger partial charge in [0, 0.05) is 17.5 Å². The smallest absolute Gasteiger partial charge is 0.358 e. The van der Waals surface area contributed by atoms with Crippen molar-refractivity contribution >= 4 is 17.3 Å². The van der Waals surface area contributed by atoms with E-state index in [9.17, 15) is 4.79 Å². The Hall–Kier alpha value is -2.54. The fourth-order valence-corrected chi connectivity index (χ4v) is 2.93. The van der Waals surface area contributed by atoms with Crippen LogP contribution < -0.4 is 0 Å². The van der Waals surface area contributed by atoms with Crippen LogP contribution in [-0.2, 0) is 6.42 Å². The first-order chi connectivity index (χ1) is 10.1. The molecule has 2 heterocycles. The molecule has 6 nitrogen and oxygen atoms in total. The first-order valence-corrected chi connectivity index (χ1v) is 7.11. The SMILES string of the molecule is Cc1c(C(=O)O)nnn1-c1ncc(Cc2ccccc2)s1. The summed E-state index contributed by atoms with van der Waals surface area (Å²) >= 11 is 1.48. The Bertz CT molecular complexity index is 779. The van der Waals surface area contributed by atoms with Crippen molar-refractivity contribution in [3.05, 3.63) is 58.4 Å². The van der Waals surface area contributed by atoms with E-state index in [0.29, 0.717) is 10.8 Å². The number of benzene rings is 1. The molecule has 3 aromatic rings. The second-order valence-electron chi connectivity index (χ2n) is 4.51. The fraction of sp³-hybridized carbons (Fsp3) is 0.143. The maximum atomic E-state index is 11.0. The van der Waals surface area contributed by atoms with Crippen LogP contribution in [0.2, 0.25) is 0 Å². The number of aromatic carboxylic acids is 1. The highest BCUT2D eigenvalue weighted by Gasteiger charge is 2.17. The Morgan fingerprint density at radius 3 is 2.76 bits per heavy atom. The predicted octanol–water partition coefficient (Wildman–Crippen LogP) is 2.32. The lowest BCUT2D eigenvalue weighted by molar-refractivity contribution is 0.0689. The van der Waals surface area contributed by atoms with Crippen LogP contribution in [0.4, 0.5) is 0 Å². The lowest BCUT2D eigenvalue weighted by atomic mass is 10.1. The number of aromatic nitrogens is 4. The average Bonchev–Trinajstić information content (AvgIpc) is 3.06. The molecule has 0 bridgehead atoms. The standard InChI is InChI=1S/C14H12N4O2S/c1-9-12(13(19)20)16-17-18(9)14-15-8-11(21-14)7-10-5-3-2-4-6-10/h2-6,8H,7H2,1H3,(H,19,20). The fourth-order valence-electron chi connectivity index (χ4n) is 1.98. The highest BCUT2D eigenvalue weighted by molar-refractivity contribution is 7.14. The number of hydrogen-bond donors (Lipinski definition) is 1. The lowest BCUT2D eigenvalue weighted by Gasteiger charge is -1.97. The van der Waals surface area contributed by atoms with Crippen LogP contribution in [0.5, 0.6) is 0 Å². The summed E-state index contributed by atoms with van der Waals surface area (Å²) in [6.45, 7) is 1.67. The Kier molecular flexibility index (Phi) is 3.49. The van der Waals surface area contributed by atoms with Crippen LogP contribution in [0.25, 0.3) is 5.13 Å². The maximum Gasteiger partial charge on any atom is 0.358 e. The van der Waals surface area contributed by atoms with Gasteiger partial charge in [-0.15, -0.1) is 5.10 Å². The zero-order valence-electron chi connectivity index (χ0n) is 11.2. The molecule has 0 saturated heterocycles. The first kappa shape index (κ1) is 13.4. The number of thiazole rings is 1. The van der Waals surface area contributed by atoms with E-state index in [1.165, 1.54) is 21.6 Å². The van der Waals surface area contributed by atoms with Gasteiger partial charge < -0.3 is 5.11 Å². The molecule has 7 heteroatoms. The molecule has 1 N–H and O–H groups in total. The molecule has 0 aliphatic rings. The van der Waals surface area contributed by atoms with Gasteiger partial charge in [0.1, 0.15) is 0 Å². The monoisotopic (exact) mass is 300 g/mol. The third-order valence-corrected chi connectivity index (χ3v) is 4.01. The molecule has 0 spiro atoms. The molecule has 1 aromatic carbocycles. The minimum atomic E-state index is -1.08. The highest BCUT2D eigenvalue weighted by Crippen LogP contribution is 2.21. The van der Waals surface area contributed by atoms with Crippen LogP contribution in [0.3, 0.4) is 0 Å². The van der Waals surface area contributed by atoms with E-state index < -0.39 is 5.97 Å². The number of rotatable bonds is 4. The molecular weight excluding hydrogens is 288 g/mol. The van der Waals surface area contributed by atoms with Crippen molar-refractivity contribution in [3.63, 3.8) is 0 Å². The van der Waals surface area contributed by atoms with E-state index in [-0.39, 0.29) is 5.69 Å². The van der Waals surface area contributed by atoms with Gasteiger partial charge in [-0.3, -0.25) is 0 Å². The van der Waals surface area contributed by atoms with Gasteiger partial charge in [-0.1, -0.05) is 46.9 Å². The van der Waals surface area contributed by atoms with Crippen molar-refractivity contribution in [1.82, 2.24) is 20.0 Å². The van der Waals surface area contributed by atoms with E-state index in [2.05, 4.69) is 27.4 Å². The summed E-state index contributed by atoms with van der Waals surface area (Å²) in [5, 5.41) is 17.1. The molecule has 0 amide bonds. The number of carboxylic acid groups (broad SMARTS) is 1. The Morgan fingerprint density at radius 2 is 2.10 bits per heavy atom. The van der Waals surface area contributed by atoms with Gasteiger partial charge >= 0.3 is 5.97 Å². The lowest BCUT2D eigenvalue weighted by Crippen LogP contribution is -2.02. The van der Waals surface area contributed by atoms with E-state index in [1.54, 1.807) is 13.1 Å². The van der Waals surface area contributed by atoms with Crippen LogP contribution in [-0.4, -0.2) is 31.1 Å². The molecule has 0 aliphatic carbocycles. The summed E-state index contributed by atoms with van der Waals surface area (Å²) in [5.41, 5.74) is 1.63. The Labute approximate surface area is 124 Å². The molecule has 0 radical (unpaired) electrons. The van der Waals surface area contributed by atoms with Gasteiger partial charge in [0.2, 0.25) is 5.13 Å². The highest BCUT2D eigenvalue weighted by atomic mass is 32.1. The second kappa shape index (κ2) is 5.45. The number of carbonyl (C=O) groups is 1. The summed E-state index contributed by atoms with van der Waals surface area (Å²) in [6.07, 6.45) is 2.58. The maximum absolute atomic E-state index is 11.0. The van der Waals surface area contributed by atoms with Crippen LogP contribution >= 0.6 is 11.3 Å². The van der Waals surface area contributed by atoms with Gasteiger partial charge in [-0.25, -0.2) is 9.78 Å². The van der Waals surface area contributed by atoms with Crippen LogP contribution in [0.1, 0.15) is 26.6 Å². The quantitative estimate of drug-likeness (QED) is 0.799. The zero-order chi connectivity index (χ0) is 14.8. The van der Waals surface area contributed by atoms with Gasteiger partial charge in [0.25, 0.3) is 0 Å². The molecule has 3 rings (SSSR count). The third-order valence-electron chi connectivity index (χ3n) is 3.04. The van der Waals surface area contributed by atoms with E-state index in [4.69, 9.17) is 5.11 Å². The molecule has 21 heavy (non-hydrogen) atoms. The molecule has 0 fully saturated rings. The van der Waals surface area contributed by atoms with Crippen molar-refractivity contribution in [3.8, 4) is 5.13 Å². The molecule has 2 aromatic heterocycles. The molecule has 0 atom stereocenters. The van der Waals surface area contributed by atoms with Crippen LogP contribution in [0.15, 0.2) is 36.5 Å². The predicted molar refractivity (Wildman–Crippen MR) is 78.0 cm³/mol. The Balaban J connectivity index is 1.87. The first-order valence-electron chi connectivity index (χ1n) is 6.30. The Morgan fingerprint density at radius 1 is 1.33 bits per heavy atom. The van der Waals surface area contributed by atoms with Crippen molar-refractivity contribution < 1.29 is 9.90 Å². The average molecular weight is 300 g/mol. The van der Waals surface area contributed by atoms with Crippen molar-refractivity contribution in [1.29, 1.82) is 0 Å². The van der Waals surface area contributed by atoms with Gasteiger partial charge in [-0.05, 0) is 12.5 Å². The third kappa shape index (κ3) is 2.68. The van der Waals surface area contributed by atoms with E-state index in [0.717, 1.165) is 11.3 Å². The molecule has 106 valence electrons. The minimum absolute atomic E-state index is 0.0465. The summed E-state index contributed by atoms with van der Waals surface area (Å²) < 4.78 is 1.46. The summed E-state index contributed by atoms with van der Waals surface area (Å²) in [5.74, 6) is -1.08. The summed E-state index contributed by atoms with van der Waals surface area (Å²) in [6, 6.07) is 10.1. The molecule has 0 saturated carbocycles. The van der Waals surface area contributed by atoms with Crippen LogP contribution in [0, 0.1) is 6.92 Å². The number of nitrogens with zero attached hydrogens (tertiary/aromatic N) is 4. The van der Waals surface area contributed by atoms with E-state index >= 15 is 0 Å². The number of carboxylic acids is 1. The van der Waals surface area contributed by atoms with Gasteiger partial charge in [0.15, 0.2) is 5.69 Å². The van der Waals surface area contributed by atoms with Gasteiger partial charge in [0.05, 0.1) is 5.69 Å². The van der Waals surface area contributed by atoms with Crippen molar-refractivity contribution in [2.75, 3.05) is 0 Å².